The van der Waals surface area contributed by atoms with Crippen molar-refractivity contribution in [3.63, 3.8) is 0 Å². The van der Waals surface area contributed by atoms with E-state index in [1.165, 1.54) is 16.7 Å². The molecule has 0 fully saturated rings. The van der Waals surface area contributed by atoms with Crippen molar-refractivity contribution in [2.75, 3.05) is 13.7 Å². The molecule has 0 amide bonds. The molecule has 0 saturated heterocycles. The van der Waals surface area contributed by atoms with Crippen molar-refractivity contribution >= 4 is 0 Å². The minimum atomic E-state index is 0.479. The normalized spacial score (nSPS) is 16.9. The Hall–Kier alpha value is -1.87. The lowest BCUT2D eigenvalue weighted by Gasteiger charge is -2.13. The fourth-order valence-electron chi connectivity index (χ4n) is 2.88. The molecule has 1 aromatic carbocycles. The first kappa shape index (κ1) is 13.1. The van der Waals surface area contributed by atoms with Gasteiger partial charge < -0.3 is 10.1 Å². The van der Waals surface area contributed by atoms with Gasteiger partial charge in [0.15, 0.2) is 0 Å². The first-order valence-corrected chi connectivity index (χ1v) is 7.19. The van der Waals surface area contributed by atoms with Crippen LogP contribution in [-0.2, 0) is 12.8 Å². The predicted octanol–water partition coefficient (Wildman–Crippen LogP) is 2.91. The summed E-state index contributed by atoms with van der Waals surface area (Å²) in [7, 11) is 2.02. The molecule has 2 aromatic rings. The van der Waals surface area contributed by atoms with Gasteiger partial charge in [-0.15, -0.1) is 0 Å². The Kier molecular flexibility index (Phi) is 3.97. The van der Waals surface area contributed by atoms with Gasteiger partial charge >= 0.3 is 0 Å². The van der Waals surface area contributed by atoms with Crippen LogP contribution in [0.1, 0.15) is 29.2 Å². The van der Waals surface area contributed by atoms with E-state index in [2.05, 4.69) is 34.6 Å². The molecule has 0 saturated carbocycles. The molecule has 1 aliphatic carbocycles. The summed E-state index contributed by atoms with van der Waals surface area (Å²) < 4.78 is 5.99. The topological polar surface area (TPSA) is 34.1 Å². The van der Waals surface area contributed by atoms with E-state index in [1.807, 2.05) is 19.3 Å². The zero-order chi connectivity index (χ0) is 13.8. The molecular weight excluding hydrogens is 248 g/mol. The average molecular weight is 268 g/mol. The highest BCUT2D eigenvalue weighted by atomic mass is 16.5. The second-order valence-corrected chi connectivity index (χ2v) is 5.16. The fourth-order valence-corrected chi connectivity index (χ4v) is 2.88. The van der Waals surface area contributed by atoms with Crippen molar-refractivity contribution in [1.29, 1.82) is 0 Å². The smallest absolute Gasteiger partial charge is 0.122 e. The second-order valence-electron chi connectivity index (χ2n) is 5.16. The number of hydrogen-bond donors (Lipinski definition) is 1. The monoisotopic (exact) mass is 268 g/mol. The van der Waals surface area contributed by atoms with Crippen molar-refractivity contribution in [3.8, 4) is 5.75 Å². The number of aromatic nitrogens is 1. The summed E-state index contributed by atoms with van der Waals surface area (Å²) in [6.07, 6.45) is 6.85. The van der Waals surface area contributed by atoms with Gasteiger partial charge in [0, 0.05) is 24.9 Å². The lowest BCUT2D eigenvalue weighted by Crippen LogP contribution is -2.12. The largest absolute Gasteiger partial charge is 0.493 e. The fraction of sp³-hybridized carbons (Fsp3) is 0.353. The predicted molar refractivity (Wildman–Crippen MR) is 80.0 cm³/mol. The number of nitrogens with one attached hydrogen (secondary N) is 1. The molecule has 1 heterocycles. The summed E-state index contributed by atoms with van der Waals surface area (Å²) in [5, 5.41) is 3.37. The van der Waals surface area contributed by atoms with E-state index in [0.29, 0.717) is 12.6 Å². The lowest BCUT2D eigenvalue weighted by molar-refractivity contribution is 0.319. The third kappa shape index (κ3) is 2.68. The van der Waals surface area contributed by atoms with Crippen LogP contribution in [0.2, 0.25) is 0 Å². The Bertz CT molecular complexity index is 568. The van der Waals surface area contributed by atoms with E-state index in [0.717, 1.165) is 25.0 Å². The number of fused-ring (bicyclic) bond motifs is 1. The lowest BCUT2D eigenvalue weighted by atomic mass is 10.1. The number of hydrogen-bond acceptors (Lipinski definition) is 3. The highest BCUT2D eigenvalue weighted by Gasteiger charge is 2.23. The Balaban J connectivity index is 1.66. The van der Waals surface area contributed by atoms with Crippen LogP contribution in [0.4, 0.5) is 0 Å². The van der Waals surface area contributed by atoms with Gasteiger partial charge in [-0.2, -0.15) is 0 Å². The van der Waals surface area contributed by atoms with Crippen LogP contribution >= 0.6 is 0 Å². The Morgan fingerprint density at radius 3 is 3.05 bits per heavy atom. The van der Waals surface area contributed by atoms with E-state index in [1.54, 1.807) is 6.20 Å². The van der Waals surface area contributed by atoms with Gasteiger partial charge in [-0.05, 0) is 48.7 Å². The van der Waals surface area contributed by atoms with Crippen molar-refractivity contribution in [1.82, 2.24) is 10.3 Å². The summed E-state index contributed by atoms with van der Waals surface area (Å²) in [5.74, 6) is 1.05. The quantitative estimate of drug-likeness (QED) is 0.905. The molecule has 1 atom stereocenters. The molecule has 1 N–H and O–H groups in total. The van der Waals surface area contributed by atoms with Crippen LogP contribution in [0.25, 0.3) is 0 Å². The number of benzene rings is 1. The molecule has 3 rings (SSSR count). The van der Waals surface area contributed by atoms with Gasteiger partial charge in [0.25, 0.3) is 0 Å². The minimum Gasteiger partial charge on any atom is -0.493 e. The standard InChI is InChI=1S/C17H20N2O/c1-18-16-8-7-15-14(16)5-2-6-17(15)20-11-9-13-4-3-10-19-12-13/h2-6,10,12,16,18H,7-9,11H2,1H3. The van der Waals surface area contributed by atoms with Gasteiger partial charge in [-0.3, -0.25) is 4.98 Å². The summed E-state index contributed by atoms with van der Waals surface area (Å²) in [6, 6.07) is 10.9. The molecule has 0 bridgehead atoms. The van der Waals surface area contributed by atoms with Crippen LogP contribution in [0.15, 0.2) is 42.7 Å². The van der Waals surface area contributed by atoms with E-state index >= 15 is 0 Å². The Labute approximate surface area is 120 Å². The van der Waals surface area contributed by atoms with Crippen LogP contribution in [0.5, 0.6) is 5.75 Å². The van der Waals surface area contributed by atoms with Crippen molar-refractivity contribution in [2.45, 2.75) is 25.3 Å². The molecule has 1 aromatic heterocycles. The van der Waals surface area contributed by atoms with Gasteiger partial charge in [-0.1, -0.05) is 18.2 Å². The molecule has 1 aliphatic rings. The number of nitrogens with zero attached hydrogens (tertiary/aromatic N) is 1. The number of pyridine rings is 1. The third-order valence-electron chi connectivity index (χ3n) is 3.95. The highest BCUT2D eigenvalue weighted by Crippen LogP contribution is 2.36. The first-order chi connectivity index (χ1) is 9.88. The van der Waals surface area contributed by atoms with E-state index in [-0.39, 0.29) is 0 Å². The highest BCUT2D eigenvalue weighted by molar-refractivity contribution is 5.45. The van der Waals surface area contributed by atoms with Crippen molar-refractivity contribution in [3.05, 3.63) is 59.4 Å². The van der Waals surface area contributed by atoms with Gasteiger partial charge in [0.1, 0.15) is 5.75 Å². The molecule has 0 aliphatic heterocycles. The Morgan fingerprint density at radius 1 is 1.30 bits per heavy atom. The van der Waals surface area contributed by atoms with Crippen molar-refractivity contribution in [2.24, 2.45) is 0 Å². The van der Waals surface area contributed by atoms with Gasteiger partial charge in [-0.25, -0.2) is 0 Å². The molecule has 0 spiro atoms. The molecule has 3 heteroatoms. The SMILES string of the molecule is CNC1CCc2c(OCCc3cccnc3)cccc21. The third-order valence-corrected chi connectivity index (χ3v) is 3.95. The average Bonchev–Trinajstić information content (AvgIpc) is 2.92. The molecule has 104 valence electrons. The molecule has 20 heavy (non-hydrogen) atoms. The summed E-state index contributed by atoms with van der Waals surface area (Å²) >= 11 is 0. The zero-order valence-electron chi connectivity index (χ0n) is 11.8. The van der Waals surface area contributed by atoms with Crippen LogP contribution in [0, 0.1) is 0 Å². The number of rotatable bonds is 5. The first-order valence-electron chi connectivity index (χ1n) is 7.19. The van der Waals surface area contributed by atoms with Crippen LogP contribution < -0.4 is 10.1 Å². The molecular formula is C17H20N2O. The number of ether oxygens (including phenoxy) is 1. The van der Waals surface area contributed by atoms with Gasteiger partial charge in [0.2, 0.25) is 0 Å². The maximum absolute atomic E-state index is 5.99. The van der Waals surface area contributed by atoms with Crippen molar-refractivity contribution < 1.29 is 4.74 Å². The molecule has 3 nitrogen and oxygen atoms in total. The molecule has 0 radical (unpaired) electrons. The Morgan fingerprint density at radius 2 is 2.25 bits per heavy atom. The second kappa shape index (κ2) is 6.06. The maximum Gasteiger partial charge on any atom is 0.122 e. The maximum atomic E-state index is 5.99. The van der Waals surface area contributed by atoms with Crippen LogP contribution in [-0.4, -0.2) is 18.6 Å². The van der Waals surface area contributed by atoms with E-state index < -0.39 is 0 Å². The summed E-state index contributed by atoms with van der Waals surface area (Å²) in [5.41, 5.74) is 3.98. The molecule has 1 unspecified atom stereocenters. The van der Waals surface area contributed by atoms with Crippen LogP contribution in [0.3, 0.4) is 0 Å². The summed E-state index contributed by atoms with van der Waals surface area (Å²) in [4.78, 5) is 4.13. The summed E-state index contributed by atoms with van der Waals surface area (Å²) in [6.45, 7) is 0.701. The minimum absolute atomic E-state index is 0.479. The van der Waals surface area contributed by atoms with E-state index in [9.17, 15) is 0 Å². The van der Waals surface area contributed by atoms with E-state index in [4.69, 9.17) is 4.74 Å². The zero-order valence-corrected chi connectivity index (χ0v) is 11.8. The van der Waals surface area contributed by atoms with Gasteiger partial charge in [0.05, 0.1) is 6.61 Å².